The highest BCUT2D eigenvalue weighted by molar-refractivity contribution is 5.88. The highest BCUT2D eigenvalue weighted by Gasteiger charge is 2.25. The van der Waals surface area contributed by atoms with Crippen molar-refractivity contribution in [3.05, 3.63) is 0 Å². The Hall–Kier alpha value is -1.10. The molecule has 0 saturated carbocycles. The smallest absolute Gasteiger partial charge is 0.242 e. The summed E-state index contributed by atoms with van der Waals surface area (Å²) in [5, 5.41) is 8.90. The van der Waals surface area contributed by atoms with Crippen molar-refractivity contribution >= 4 is 11.8 Å². The fraction of sp³-hybridized carbons (Fsp3) is 0.833. The van der Waals surface area contributed by atoms with Crippen LogP contribution in [0.5, 0.6) is 0 Å². The van der Waals surface area contributed by atoms with E-state index < -0.39 is 0 Å². The van der Waals surface area contributed by atoms with Crippen molar-refractivity contribution in [1.29, 1.82) is 0 Å². The summed E-state index contributed by atoms with van der Waals surface area (Å²) < 4.78 is 0. The molecule has 0 radical (unpaired) electrons. The zero-order valence-electron chi connectivity index (χ0n) is 10.1. The van der Waals surface area contributed by atoms with Crippen LogP contribution in [0.1, 0.15) is 32.1 Å². The van der Waals surface area contributed by atoms with E-state index in [1.54, 1.807) is 0 Å². The first-order valence-electron chi connectivity index (χ1n) is 6.53. The molecule has 2 aliphatic rings. The molecule has 96 valence electrons. The third-order valence-electron chi connectivity index (χ3n) is 3.55. The number of hydrogen-bond acceptors (Lipinski definition) is 3. The highest BCUT2D eigenvalue weighted by atomic mass is 16.2. The molecule has 2 heterocycles. The molecular formula is C12H21N3O2. The number of carbonyl (C=O) groups excluding carboxylic acids is 2. The molecule has 2 saturated heterocycles. The Morgan fingerprint density at radius 3 is 2.71 bits per heavy atom. The van der Waals surface area contributed by atoms with Gasteiger partial charge in [-0.25, -0.2) is 0 Å². The van der Waals surface area contributed by atoms with E-state index >= 15 is 0 Å². The van der Waals surface area contributed by atoms with Crippen molar-refractivity contribution in [2.24, 2.45) is 5.92 Å². The van der Waals surface area contributed by atoms with E-state index in [0.29, 0.717) is 12.3 Å². The van der Waals surface area contributed by atoms with Crippen LogP contribution in [-0.2, 0) is 9.59 Å². The first-order valence-corrected chi connectivity index (χ1v) is 6.53. The van der Waals surface area contributed by atoms with E-state index in [2.05, 4.69) is 16.0 Å². The van der Waals surface area contributed by atoms with Gasteiger partial charge in [0, 0.05) is 13.0 Å². The fourth-order valence-corrected chi connectivity index (χ4v) is 2.51. The number of carbonyl (C=O) groups is 2. The number of hydrogen-bond donors (Lipinski definition) is 3. The summed E-state index contributed by atoms with van der Waals surface area (Å²) in [6.07, 6.45) is 4.40. The zero-order chi connectivity index (χ0) is 12.1. The van der Waals surface area contributed by atoms with Crippen LogP contribution in [0.3, 0.4) is 0 Å². The number of rotatable bonds is 3. The van der Waals surface area contributed by atoms with Gasteiger partial charge in [-0.2, -0.15) is 0 Å². The lowest BCUT2D eigenvalue weighted by molar-refractivity contribution is -0.130. The van der Waals surface area contributed by atoms with E-state index in [-0.39, 0.29) is 17.9 Å². The molecule has 2 rings (SSSR count). The number of nitrogens with one attached hydrogen (secondary N) is 3. The summed E-state index contributed by atoms with van der Waals surface area (Å²) >= 11 is 0. The summed E-state index contributed by atoms with van der Waals surface area (Å²) in [6.45, 7) is 2.74. The van der Waals surface area contributed by atoms with E-state index in [1.165, 1.54) is 0 Å². The SMILES string of the molecule is O=C(CC1CCNCC1)NC1CCCNC1=O. The lowest BCUT2D eigenvalue weighted by Gasteiger charge is -2.25. The van der Waals surface area contributed by atoms with Crippen LogP contribution >= 0.6 is 0 Å². The first-order chi connectivity index (χ1) is 8.25. The molecule has 5 nitrogen and oxygen atoms in total. The second kappa shape index (κ2) is 6.00. The molecule has 1 unspecified atom stereocenters. The fourth-order valence-electron chi connectivity index (χ4n) is 2.51. The van der Waals surface area contributed by atoms with Gasteiger partial charge in [0.2, 0.25) is 11.8 Å². The van der Waals surface area contributed by atoms with Crippen molar-refractivity contribution in [2.75, 3.05) is 19.6 Å². The molecule has 5 heteroatoms. The molecule has 0 aliphatic carbocycles. The van der Waals surface area contributed by atoms with Gasteiger partial charge in [-0.15, -0.1) is 0 Å². The molecule has 0 bridgehead atoms. The molecule has 0 aromatic rings. The topological polar surface area (TPSA) is 70.2 Å². The minimum absolute atomic E-state index is 0.0268. The van der Waals surface area contributed by atoms with E-state index in [4.69, 9.17) is 0 Å². The Kier molecular flexibility index (Phi) is 4.36. The van der Waals surface area contributed by atoms with Crippen LogP contribution in [0.25, 0.3) is 0 Å². The quantitative estimate of drug-likeness (QED) is 0.637. The van der Waals surface area contributed by atoms with Gasteiger partial charge < -0.3 is 16.0 Å². The van der Waals surface area contributed by atoms with Gasteiger partial charge in [0.25, 0.3) is 0 Å². The van der Waals surface area contributed by atoms with Crippen LogP contribution in [-0.4, -0.2) is 37.5 Å². The minimum Gasteiger partial charge on any atom is -0.354 e. The lowest BCUT2D eigenvalue weighted by atomic mass is 9.94. The Balaban J connectivity index is 1.74. The predicted molar refractivity (Wildman–Crippen MR) is 64.4 cm³/mol. The summed E-state index contributed by atoms with van der Waals surface area (Å²) in [7, 11) is 0. The largest absolute Gasteiger partial charge is 0.354 e. The summed E-state index contributed by atoms with van der Waals surface area (Å²) in [4.78, 5) is 23.3. The van der Waals surface area contributed by atoms with Crippen LogP contribution in [0.4, 0.5) is 0 Å². The molecular weight excluding hydrogens is 218 g/mol. The summed E-state index contributed by atoms with van der Waals surface area (Å²) in [6, 6.07) is -0.307. The van der Waals surface area contributed by atoms with Gasteiger partial charge in [0.15, 0.2) is 0 Å². The lowest BCUT2D eigenvalue weighted by Crippen LogP contribution is -2.50. The Morgan fingerprint density at radius 2 is 2.00 bits per heavy atom. The van der Waals surface area contributed by atoms with Crippen LogP contribution in [0.15, 0.2) is 0 Å². The zero-order valence-corrected chi connectivity index (χ0v) is 10.1. The van der Waals surface area contributed by atoms with E-state index in [0.717, 1.165) is 45.3 Å². The molecule has 0 aromatic heterocycles. The number of piperidine rings is 2. The second-order valence-corrected chi connectivity index (χ2v) is 4.95. The Bertz CT molecular complexity index is 287. The van der Waals surface area contributed by atoms with Crippen molar-refractivity contribution in [3.63, 3.8) is 0 Å². The molecule has 2 aliphatic heterocycles. The molecule has 0 spiro atoms. The van der Waals surface area contributed by atoms with Gasteiger partial charge in [-0.1, -0.05) is 0 Å². The highest BCUT2D eigenvalue weighted by Crippen LogP contribution is 2.16. The summed E-state index contributed by atoms with van der Waals surface area (Å²) in [5.74, 6) is 0.469. The van der Waals surface area contributed by atoms with Crippen molar-refractivity contribution in [1.82, 2.24) is 16.0 Å². The molecule has 2 fully saturated rings. The maximum atomic E-state index is 11.8. The average Bonchev–Trinajstić information content (AvgIpc) is 2.33. The van der Waals surface area contributed by atoms with Gasteiger partial charge in [0.05, 0.1) is 0 Å². The standard InChI is InChI=1S/C12H21N3O2/c16-11(8-9-3-6-13-7-4-9)15-10-2-1-5-14-12(10)17/h9-10,13H,1-8H2,(H,14,17)(H,15,16). The van der Waals surface area contributed by atoms with E-state index in [9.17, 15) is 9.59 Å². The molecule has 3 N–H and O–H groups in total. The predicted octanol–water partition coefficient (Wildman–Crippen LogP) is -0.229. The average molecular weight is 239 g/mol. The normalized spacial score (nSPS) is 26.4. The Labute approximate surface area is 102 Å². The summed E-state index contributed by atoms with van der Waals surface area (Å²) in [5.41, 5.74) is 0. The van der Waals surface area contributed by atoms with E-state index in [1.807, 2.05) is 0 Å². The van der Waals surface area contributed by atoms with Crippen LogP contribution < -0.4 is 16.0 Å². The van der Waals surface area contributed by atoms with Crippen molar-refractivity contribution in [3.8, 4) is 0 Å². The van der Waals surface area contributed by atoms with Crippen LogP contribution in [0.2, 0.25) is 0 Å². The third kappa shape index (κ3) is 3.70. The van der Waals surface area contributed by atoms with Gasteiger partial charge in [-0.3, -0.25) is 9.59 Å². The molecule has 1 atom stereocenters. The van der Waals surface area contributed by atoms with Gasteiger partial charge in [-0.05, 0) is 44.7 Å². The van der Waals surface area contributed by atoms with Crippen molar-refractivity contribution in [2.45, 2.75) is 38.1 Å². The molecule has 0 aromatic carbocycles. The Morgan fingerprint density at radius 1 is 1.24 bits per heavy atom. The maximum absolute atomic E-state index is 11.8. The minimum atomic E-state index is -0.307. The third-order valence-corrected chi connectivity index (χ3v) is 3.55. The van der Waals surface area contributed by atoms with Gasteiger partial charge in [0.1, 0.15) is 6.04 Å². The maximum Gasteiger partial charge on any atom is 0.242 e. The molecule has 17 heavy (non-hydrogen) atoms. The van der Waals surface area contributed by atoms with Crippen LogP contribution in [0, 0.1) is 5.92 Å². The van der Waals surface area contributed by atoms with Gasteiger partial charge >= 0.3 is 0 Å². The first kappa shape index (κ1) is 12.4. The number of amides is 2. The monoisotopic (exact) mass is 239 g/mol. The second-order valence-electron chi connectivity index (χ2n) is 4.95. The molecule has 2 amide bonds. The van der Waals surface area contributed by atoms with Crippen molar-refractivity contribution < 1.29 is 9.59 Å².